The minimum absolute atomic E-state index is 0.289. The smallest absolute Gasteiger partial charge is 0.119 e. The lowest BCUT2D eigenvalue weighted by Crippen LogP contribution is -2.14. The van der Waals surface area contributed by atoms with Crippen molar-refractivity contribution < 1.29 is 5.11 Å². The molecule has 0 spiro atoms. The molecule has 0 bridgehead atoms. The average Bonchev–Trinajstić information content (AvgIpc) is 2.48. The highest BCUT2D eigenvalue weighted by Crippen LogP contribution is 2.37. The van der Waals surface area contributed by atoms with Gasteiger partial charge in [0.2, 0.25) is 0 Å². The molecule has 2 nitrogen and oxygen atoms in total. The van der Waals surface area contributed by atoms with Crippen LogP contribution in [0.15, 0.2) is 40.0 Å². The molecule has 0 radical (unpaired) electrons. The van der Waals surface area contributed by atoms with Crippen molar-refractivity contribution in [2.75, 3.05) is 0 Å². The standard InChI is InChI=1S/C16H19BrClNO/c1-3-10-7-11-8-12(18)4-5-13(11)16(20)15(19)14(10)6-9(2)17/h4-6,8,10,16,20H,3,7,19H2,1-2H3/b9-6+. The van der Waals surface area contributed by atoms with Gasteiger partial charge in [-0.2, -0.15) is 0 Å². The number of hydrogen-bond donors (Lipinski definition) is 2. The van der Waals surface area contributed by atoms with Crippen molar-refractivity contribution in [3.05, 3.63) is 56.2 Å². The quantitative estimate of drug-likeness (QED) is 0.821. The molecule has 1 aliphatic carbocycles. The maximum atomic E-state index is 10.5. The zero-order chi connectivity index (χ0) is 14.9. The highest BCUT2D eigenvalue weighted by molar-refractivity contribution is 9.11. The summed E-state index contributed by atoms with van der Waals surface area (Å²) in [6.07, 6.45) is 3.05. The first-order valence-corrected chi connectivity index (χ1v) is 7.90. The lowest BCUT2D eigenvalue weighted by Gasteiger charge is -2.17. The van der Waals surface area contributed by atoms with Gasteiger partial charge >= 0.3 is 0 Å². The molecule has 0 aromatic heterocycles. The molecule has 0 saturated heterocycles. The summed E-state index contributed by atoms with van der Waals surface area (Å²) < 4.78 is 1.00. The molecular weight excluding hydrogens is 338 g/mol. The van der Waals surface area contributed by atoms with Crippen molar-refractivity contribution in [1.82, 2.24) is 0 Å². The van der Waals surface area contributed by atoms with Gasteiger partial charge in [0.25, 0.3) is 0 Å². The molecule has 2 atom stereocenters. The maximum absolute atomic E-state index is 10.5. The molecule has 1 aromatic carbocycles. The third-order valence-electron chi connectivity index (χ3n) is 3.78. The highest BCUT2D eigenvalue weighted by atomic mass is 79.9. The summed E-state index contributed by atoms with van der Waals surface area (Å²) in [5.41, 5.74) is 9.72. The molecule has 1 aliphatic rings. The van der Waals surface area contributed by atoms with E-state index in [0.29, 0.717) is 10.7 Å². The zero-order valence-corrected chi connectivity index (χ0v) is 14.0. The van der Waals surface area contributed by atoms with Gasteiger partial charge in [-0.15, -0.1) is 0 Å². The number of benzene rings is 1. The molecule has 0 fully saturated rings. The first-order valence-electron chi connectivity index (χ1n) is 6.73. The number of aliphatic hydroxyl groups excluding tert-OH is 1. The van der Waals surface area contributed by atoms with Gasteiger partial charge < -0.3 is 10.8 Å². The molecule has 0 heterocycles. The van der Waals surface area contributed by atoms with Crippen LogP contribution in [0.5, 0.6) is 0 Å². The normalized spacial score (nSPS) is 23.6. The van der Waals surface area contributed by atoms with Crippen LogP contribution in [-0.2, 0) is 6.42 Å². The third-order valence-corrected chi connectivity index (χ3v) is 4.24. The molecule has 2 rings (SSSR count). The van der Waals surface area contributed by atoms with Crippen LogP contribution >= 0.6 is 27.5 Å². The summed E-state index contributed by atoms with van der Waals surface area (Å²) in [6, 6.07) is 5.60. The molecule has 0 saturated carbocycles. The van der Waals surface area contributed by atoms with E-state index in [0.717, 1.165) is 34.0 Å². The predicted molar refractivity (Wildman–Crippen MR) is 87.8 cm³/mol. The molecule has 1 aromatic rings. The van der Waals surface area contributed by atoms with E-state index in [9.17, 15) is 5.11 Å². The average molecular weight is 357 g/mol. The second-order valence-electron chi connectivity index (χ2n) is 5.20. The van der Waals surface area contributed by atoms with Crippen molar-refractivity contribution in [1.29, 1.82) is 0 Å². The Balaban J connectivity index is 2.58. The predicted octanol–water partition coefficient (Wildman–Crippen LogP) is 4.47. The van der Waals surface area contributed by atoms with E-state index < -0.39 is 6.10 Å². The number of fused-ring (bicyclic) bond motifs is 1. The van der Waals surface area contributed by atoms with Crippen LogP contribution in [0.2, 0.25) is 5.02 Å². The first-order chi connectivity index (χ1) is 9.43. The van der Waals surface area contributed by atoms with E-state index in [-0.39, 0.29) is 5.92 Å². The Kier molecular flexibility index (Phi) is 4.95. The lowest BCUT2D eigenvalue weighted by atomic mass is 9.90. The zero-order valence-electron chi connectivity index (χ0n) is 11.7. The van der Waals surface area contributed by atoms with E-state index in [1.165, 1.54) is 0 Å². The fourth-order valence-electron chi connectivity index (χ4n) is 2.73. The van der Waals surface area contributed by atoms with E-state index in [2.05, 4.69) is 22.9 Å². The van der Waals surface area contributed by atoms with Crippen LogP contribution in [0.4, 0.5) is 0 Å². The summed E-state index contributed by atoms with van der Waals surface area (Å²) in [4.78, 5) is 0. The summed E-state index contributed by atoms with van der Waals surface area (Å²) in [5.74, 6) is 0.289. The Morgan fingerprint density at radius 1 is 1.55 bits per heavy atom. The maximum Gasteiger partial charge on any atom is 0.119 e. The molecule has 0 aliphatic heterocycles. The number of rotatable bonds is 2. The van der Waals surface area contributed by atoms with Crippen LogP contribution in [0.25, 0.3) is 0 Å². The number of aliphatic hydroxyl groups is 1. The number of hydrogen-bond acceptors (Lipinski definition) is 2. The van der Waals surface area contributed by atoms with Crippen molar-refractivity contribution in [2.45, 2.75) is 32.8 Å². The number of nitrogens with two attached hydrogens (primary N) is 1. The fraction of sp³-hybridized carbons (Fsp3) is 0.375. The fourth-order valence-corrected chi connectivity index (χ4v) is 3.18. The van der Waals surface area contributed by atoms with Gasteiger partial charge in [-0.25, -0.2) is 0 Å². The van der Waals surface area contributed by atoms with Crippen molar-refractivity contribution in [3.8, 4) is 0 Å². The van der Waals surface area contributed by atoms with Gasteiger partial charge in [-0.3, -0.25) is 0 Å². The monoisotopic (exact) mass is 355 g/mol. The SMILES string of the molecule is CCC1Cc2cc(Cl)ccc2C(O)C(N)=C1/C=C(\C)Br. The Hall–Kier alpha value is -0.770. The van der Waals surface area contributed by atoms with Crippen LogP contribution in [0.3, 0.4) is 0 Å². The number of allylic oxidation sites excluding steroid dienone is 3. The summed E-state index contributed by atoms with van der Waals surface area (Å²) in [7, 11) is 0. The molecular formula is C16H19BrClNO. The van der Waals surface area contributed by atoms with Crippen molar-refractivity contribution in [2.24, 2.45) is 11.7 Å². The lowest BCUT2D eigenvalue weighted by molar-refractivity contribution is 0.212. The van der Waals surface area contributed by atoms with Gasteiger partial charge in [-0.05, 0) is 65.1 Å². The van der Waals surface area contributed by atoms with Crippen LogP contribution < -0.4 is 5.73 Å². The minimum atomic E-state index is -0.767. The summed E-state index contributed by atoms with van der Waals surface area (Å²) >= 11 is 9.53. The Labute approximate surface area is 133 Å². The Morgan fingerprint density at radius 3 is 2.85 bits per heavy atom. The molecule has 108 valence electrons. The van der Waals surface area contributed by atoms with Gasteiger partial charge in [0.05, 0.1) is 0 Å². The van der Waals surface area contributed by atoms with E-state index in [1.807, 2.05) is 25.1 Å². The van der Waals surface area contributed by atoms with E-state index in [4.69, 9.17) is 17.3 Å². The van der Waals surface area contributed by atoms with E-state index in [1.54, 1.807) is 6.07 Å². The van der Waals surface area contributed by atoms with Gasteiger partial charge in [0.1, 0.15) is 6.10 Å². The van der Waals surface area contributed by atoms with Crippen LogP contribution in [0.1, 0.15) is 37.5 Å². The summed E-state index contributed by atoms with van der Waals surface area (Å²) in [6.45, 7) is 4.10. The second-order valence-corrected chi connectivity index (χ2v) is 6.88. The van der Waals surface area contributed by atoms with Gasteiger partial charge in [0, 0.05) is 10.7 Å². The molecule has 4 heteroatoms. The van der Waals surface area contributed by atoms with E-state index >= 15 is 0 Å². The molecule has 2 unspecified atom stereocenters. The topological polar surface area (TPSA) is 46.2 Å². The molecule has 0 amide bonds. The van der Waals surface area contributed by atoms with Crippen LogP contribution in [-0.4, -0.2) is 5.11 Å². The largest absolute Gasteiger partial charge is 0.399 e. The Morgan fingerprint density at radius 2 is 2.25 bits per heavy atom. The molecule has 3 N–H and O–H groups in total. The Bertz CT molecular complexity index is 576. The summed E-state index contributed by atoms with van der Waals surface area (Å²) in [5, 5.41) is 11.2. The second kappa shape index (κ2) is 6.33. The van der Waals surface area contributed by atoms with Gasteiger partial charge in [0.15, 0.2) is 0 Å². The van der Waals surface area contributed by atoms with Gasteiger partial charge in [-0.1, -0.05) is 40.5 Å². The van der Waals surface area contributed by atoms with Crippen molar-refractivity contribution >= 4 is 27.5 Å². The third kappa shape index (κ3) is 3.11. The van der Waals surface area contributed by atoms with Crippen molar-refractivity contribution in [3.63, 3.8) is 0 Å². The highest BCUT2D eigenvalue weighted by Gasteiger charge is 2.27. The minimum Gasteiger partial charge on any atom is -0.399 e. The van der Waals surface area contributed by atoms with Crippen LogP contribution in [0, 0.1) is 5.92 Å². The molecule has 20 heavy (non-hydrogen) atoms. The number of halogens is 2. The first kappa shape index (κ1) is 15.6.